The fraction of sp³-hybridized carbons (Fsp3) is 1.00. The lowest BCUT2D eigenvalue weighted by molar-refractivity contribution is 0.117. The van der Waals surface area contributed by atoms with Crippen LogP contribution in [0.4, 0.5) is 0 Å². The van der Waals surface area contributed by atoms with Gasteiger partial charge in [0.25, 0.3) is 0 Å². The number of nitrogens with two attached hydrogens (primary N) is 1. The molecule has 2 saturated heterocycles. The summed E-state index contributed by atoms with van der Waals surface area (Å²) in [7, 11) is -2.76. The van der Waals surface area contributed by atoms with Gasteiger partial charge in [0.05, 0.1) is 11.5 Å². The maximum absolute atomic E-state index is 11.4. The van der Waals surface area contributed by atoms with Gasteiger partial charge >= 0.3 is 0 Å². The van der Waals surface area contributed by atoms with Crippen LogP contribution in [0.2, 0.25) is 0 Å². The van der Waals surface area contributed by atoms with Crippen LogP contribution >= 0.6 is 0 Å². The number of hydrogen-bond acceptors (Lipinski definition) is 4. The van der Waals surface area contributed by atoms with Gasteiger partial charge in [-0.15, -0.1) is 0 Å². The molecule has 16 heavy (non-hydrogen) atoms. The van der Waals surface area contributed by atoms with Crippen molar-refractivity contribution >= 4 is 9.84 Å². The standard InChI is InChI=1S/C11H22N2O2S/c1-2-9-7-13(5-3-11(9)12)10-4-6-16(14,15)8-10/h9-11H,2-8,12H2,1H3. The summed E-state index contributed by atoms with van der Waals surface area (Å²) in [5.74, 6) is 1.27. The van der Waals surface area contributed by atoms with Crippen LogP contribution in [0, 0.1) is 5.92 Å². The second-order valence-corrected chi connectivity index (χ2v) is 7.40. The van der Waals surface area contributed by atoms with Gasteiger partial charge in [0.1, 0.15) is 0 Å². The van der Waals surface area contributed by atoms with E-state index < -0.39 is 9.84 Å². The zero-order chi connectivity index (χ0) is 11.8. The maximum atomic E-state index is 11.4. The van der Waals surface area contributed by atoms with Crippen molar-refractivity contribution in [3.63, 3.8) is 0 Å². The molecule has 0 radical (unpaired) electrons. The topological polar surface area (TPSA) is 63.4 Å². The Hall–Kier alpha value is -0.130. The van der Waals surface area contributed by atoms with Gasteiger partial charge in [0.2, 0.25) is 0 Å². The third-order valence-electron chi connectivity index (χ3n) is 4.07. The predicted octanol–water partition coefficient (Wildman–Crippen LogP) is 0.233. The van der Waals surface area contributed by atoms with E-state index in [0.29, 0.717) is 23.5 Å². The predicted molar refractivity (Wildman–Crippen MR) is 65.0 cm³/mol. The van der Waals surface area contributed by atoms with Crippen LogP contribution in [0.1, 0.15) is 26.2 Å². The maximum Gasteiger partial charge on any atom is 0.151 e. The van der Waals surface area contributed by atoms with E-state index in [1.54, 1.807) is 0 Å². The summed E-state index contributed by atoms with van der Waals surface area (Å²) in [5, 5.41) is 0. The van der Waals surface area contributed by atoms with Crippen molar-refractivity contribution in [2.45, 2.75) is 38.3 Å². The van der Waals surface area contributed by atoms with Crippen molar-refractivity contribution in [2.24, 2.45) is 11.7 Å². The third kappa shape index (κ3) is 2.57. The summed E-state index contributed by atoms with van der Waals surface area (Å²) in [6.45, 7) is 4.12. The van der Waals surface area contributed by atoms with E-state index in [2.05, 4.69) is 11.8 Å². The van der Waals surface area contributed by atoms with Crippen LogP contribution < -0.4 is 5.73 Å². The summed E-state index contributed by atoms with van der Waals surface area (Å²) < 4.78 is 22.9. The van der Waals surface area contributed by atoms with Crippen molar-refractivity contribution in [2.75, 3.05) is 24.6 Å². The average Bonchev–Trinajstić information content (AvgIpc) is 2.59. The Kier molecular flexibility index (Phi) is 3.56. The van der Waals surface area contributed by atoms with Crippen LogP contribution in [0.25, 0.3) is 0 Å². The van der Waals surface area contributed by atoms with Gasteiger partial charge in [0.15, 0.2) is 9.84 Å². The second kappa shape index (κ2) is 4.63. The molecule has 2 fully saturated rings. The first-order valence-corrected chi connectivity index (χ1v) is 8.04. The first kappa shape index (κ1) is 12.3. The van der Waals surface area contributed by atoms with Crippen LogP contribution in [0.5, 0.6) is 0 Å². The molecule has 0 saturated carbocycles. The molecule has 0 amide bonds. The highest BCUT2D eigenvalue weighted by Gasteiger charge is 2.35. The van der Waals surface area contributed by atoms with Gasteiger partial charge in [-0.3, -0.25) is 4.90 Å². The smallest absolute Gasteiger partial charge is 0.151 e. The van der Waals surface area contributed by atoms with E-state index >= 15 is 0 Å². The first-order valence-electron chi connectivity index (χ1n) is 6.22. The number of rotatable bonds is 2. The molecule has 0 aromatic carbocycles. The Labute approximate surface area is 98.1 Å². The Balaban J connectivity index is 1.96. The Bertz CT molecular complexity index is 342. The Morgan fingerprint density at radius 1 is 1.38 bits per heavy atom. The van der Waals surface area contributed by atoms with E-state index in [1.165, 1.54) is 0 Å². The molecule has 0 aromatic rings. The zero-order valence-corrected chi connectivity index (χ0v) is 10.7. The first-order chi connectivity index (χ1) is 7.52. The SMILES string of the molecule is CCC1CN(C2CCS(=O)(=O)C2)CCC1N. The van der Waals surface area contributed by atoms with Crippen molar-refractivity contribution in [3.05, 3.63) is 0 Å². The minimum absolute atomic E-state index is 0.256. The molecule has 2 N–H and O–H groups in total. The van der Waals surface area contributed by atoms with Gasteiger partial charge in [-0.05, 0) is 25.3 Å². The van der Waals surface area contributed by atoms with Crippen molar-refractivity contribution in [1.29, 1.82) is 0 Å². The average molecular weight is 246 g/mol. The van der Waals surface area contributed by atoms with Crippen LogP contribution in [0.3, 0.4) is 0 Å². The monoisotopic (exact) mass is 246 g/mol. The normalized spacial score (nSPS) is 40.0. The van der Waals surface area contributed by atoms with Crippen molar-refractivity contribution < 1.29 is 8.42 Å². The van der Waals surface area contributed by atoms with Gasteiger partial charge in [-0.2, -0.15) is 0 Å². The van der Waals surface area contributed by atoms with Gasteiger partial charge in [-0.1, -0.05) is 13.3 Å². The van der Waals surface area contributed by atoms with Crippen LogP contribution in [-0.4, -0.2) is 50.0 Å². The van der Waals surface area contributed by atoms with Crippen molar-refractivity contribution in [3.8, 4) is 0 Å². The Morgan fingerprint density at radius 3 is 2.69 bits per heavy atom. The van der Waals surface area contributed by atoms with Crippen molar-refractivity contribution in [1.82, 2.24) is 4.90 Å². The van der Waals surface area contributed by atoms with E-state index in [4.69, 9.17) is 5.73 Å². The highest BCUT2D eigenvalue weighted by atomic mass is 32.2. The zero-order valence-electron chi connectivity index (χ0n) is 9.93. The number of sulfone groups is 1. The van der Waals surface area contributed by atoms with Gasteiger partial charge in [0, 0.05) is 18.6 Å². The number of hydrogen-bond donors (Lipinski definition) is 1. The fourth-order valence-electron chi connectivity index (χ4n) is 2.91. The highest BCUT2D eigenvalue weighted by Crippen LogP contribution is 2.25. The molecule has 2 heterocycles. The minimum atomic E-state index is -2.76. The molecule has 0 aromatic heterocycles. The van der Waals surface area contributed by atoms with Crippen LogP contribution in [0.15, 0.2) is 0 Å². The molecule has 0 aliphatic carbocycles. The number of nitrogens with zero attached hydrogens (tertiary/aromatic N) is 1. The molecule has 94 valence electrons. The molecule has 2 aliphatic rings. The fourth-order valence-corrected chi connectivity index (χ4v) is 4.67. The lowest BCUT2D eigenvalue weighted by atomic mass is 9.90. The van der Waals surface area contributed by atoms with E-state index in [-0.39, 0.29) is 6.04 Å². The largest absolute Gasteiger partial charge is 0.327 e. The summed E-state index contributed by atoms with van der Waals surface area (Å²) in [6.07, 6.45) is 2.92. The number of likely N-dealkylation sites (tertiary alicyclic amines) is 1. The van der Waals surface area contributed by atoms with Gasteiger partial charge in [-0.25, -0.2) is 8.42 Å². The molecule has 2 aliphatic heterocycles. The highest BCUT2D eigenvalue weighted by molar-refractivity contribution is 7.91. The Morgan fingerprint density at radius 2 is 2.12 bits per heavy atom. The lowest BCUT2D eigenvalue weighted by Crippen LogP contribution is -2.50. The quantitative estimate of drug-likeness (QED) is 0.758. The summed E-state index contributed by atoms with van der Waals surface area (Å²) in [5.41, 5.74) is 6.06. The number of piperidine rings is 1. The van der Waals surface area contributed by atoms with E-state index in [1.807, 2.05) is 0 Å². The molecular formula is C11H22N2O2S. The summed E-state index contributed by atoms with van der Waals surface area (Å²) >= 11 is 0. The van der Waals surface area contributed by atoms with E-state index in [9.17, 15) is 8.42 Å². The lowest BCUT2D eigenvalue weighted by Gasteiger charge is -2.39. The molecule has 5 heteroatoms. The minimum Gasteiger partial charge on any atom is -0.327 e. The summed E-state index contributed by atoms with van der Waals surface area (Å²) in [4.78, 5) is 2.35. The van der Waals surface area contributed by atoms with Crippen LogP contribution in [-0.2, 0) is 9.84 Å². The molecule has 3 atom stereocenters. The summed E-state index contributed by atoms with van der Waals surface area (Å²) in [6, 6.07) is 0.561. The molecule has 0 spiro atoms. The molecule has 0 bridgehead atoms. The van der Waals surface area contributed by atoms with E-state index in [0.717, 1.165) is 32.4 Å². The molecule has 3 unspecified atom stereocenters. The molecular weight excluding hydrogens is 224 g/mol. The molecule has 4 nitrogen and oxygen atoms in total. The molecule has 2 rings (SSSR count). The van der Waals surface area contributed by atoms with Gasteiger partial charge < -0.3 is 5.73 Å². The second-order valence-electron chi connectivity index (χ2n) is 5.17. The third-order valence-corrected chi connectivity index (χ3v) is 5.82.